The molecule has 0 heterocycles. The maximum atomic E-state index is 14.0. The fourth-order valence-corrected chi connectivity index (χ4v) is 5.97. The SMILES string of the molecule is CC[C@H](C)NC(=O)[C@@H](C)N(Cc1ccc(Cl)c(Cl)c1)C(=O)CN(c1cccc(Cl)c1C)S(=O)(=O)c1ccccc1. The lowest BCUT2D eigenvalue weighted by Gasteiger charge is -2.33. The molecule has 0 aliphatic heterocycles. The molecule has 11 heteroatoms. The van der Waals surface area contributed by atoms with E-state index >= 15 is 0 Å². The van der Waals surface area contributed by atoms with E-state index < -0.39 is 28.5 Å². The Morgan fingerprint density at radius 3 is 2.20 bits per heavy atom. The quantitative estimate of drug-likeness (QED) is 0.265. The van der Waals surface area contributed by atoms with Gasteiger partial charge >= 0.3 is 0 Å². The molecule has 3 aromatic carbocycles. The Morgan fingerprint density at radius 1 is 0.900 bits per heavy atom. The number of hydrogen-bond donors (Lipinski definition) is 1. The summed E-state index contributed by atoms with van der Waals surface area (Å²) in [4.78, 5) is 28.5. The first kappa shape index (κ1) is 31.7. The molecular formula is C29H32Cl3N3O4S. The Balaban J connectivity index is 2.07. The third kappa shape index (κ3) is 7.49. The van der Waals surface area contributed by atoms with Crippen LogP contribution < -0.4 is 9.62 Å². The number of rotatable bonds is 11. The molecule has 0 fully saturated rings. The number of benzene rings is 3. The van der Waals surface area contributed by atoms with E-state index in [-0.39, 0.29) is 29.1 Å². The Kier molecular flexibility index (Phi) is 10.9. The van der Waals surface area contributed by atoms with Crippen molar-refractivity contribution in [3.05, 3.63) is 92.9 Å². The van der Waals surface area contributed by atoms with Crippen molar-refractivity contribution in [1.29, 1.82) is 0 Å². The number of nitrogens with zero attached hydrogens (tertiary/aromatic N) is 2. The van der Waals surface area contributed by atoms with Gasteiger partial charge in [-0.25, -0.2) is 8.42 Å². The lowest BCUT2D eigenvalue weighted by Crippen LogP contribution is -2.52. The van der Waals surface area contributed by atoms with E-state index in [2.05, 4.69) is 5.32 Å². The molecule has 40 heavy (non-hydrogen) atoms. The zero-order valence-electron chi connectivity index (χ0n) is 22.7. The molecule has 0 aliphatic rings. The number of anilines is 1. The number of carbonyl (C=O) groups excluding carboxylic acids is 2. The van der Waals surface area contributed by atoms with Gasteiger partial charge in [0.25, 0.3) is 10.0 Å². The molecule has 0 aromatic heterocycles. The normalized spacial score (nSPS) is 12.9. The number of sulfonamides is 1. The van der Waals surface area contributed by atoms with Crippen LogP contribution >= 0.6 is 34.8 Å². The summed E-state index contributed by atoms with van der Waals surface area (Å²) in [6.45, 7) is 6.53. The Bertz CT molecular complexity index is 1470. The summed E-state index contributed by atoms with van der Waals surface area (Å²) in [7, 11) is -4.19. The van der Waals surface area contributed by atoms with E-state index in [9.17, 15) is 18.0 Å². The molecule has 2 amide bonds. The maximum Gasteiger partial charge on any atom is 0.264 e. The van der Waals surface area contributed by atoms with Crippen LogP contribution in [0.2, 0.25) is 15.1 Å². The average molecular weight is 625 g/mol. The Morgan fingerprint density at radius 2 is 1.57 bits per heavy atom. The molecule has 214 valence electrons. The van der Waals surface area contributed by atoms with Crippen LogP contribution in [0.1, 0.15) is 38.3 Å². The summed E-state index contributed by atoms with van der Waals surface area (Å²) in [5.41, 5.74) is 1.38. The lowest BCUT2D eigenvalue weighted by atomic mass is 10.1. The van der Waals surface area contributed by atoms with Crippen molar-refractivity contribution in [2.45, 2.75) is 57.6 Å². The number of halogens is 3. The molecular weight excluding hydrogens is 593 g/mol. The third-order valence-electron chi connectivity index (χ3n) is 6.62. The van der Waals surface area contributed by atoms with Gasteiger partial charge in [-0.3, -0.25) is 13.9 Å². The fraction of sp³-hybridized carbons (Fsp3) is 0.310. The molecule has 0 saturated heterocycles. The highest BCUT2D eigenvalue weighted by atomic mass is 35.5. The molecule has 3 rings (SSSR count). The number of amides is 2. The molecule has 0 aliphatic carbocycles. The Hall–Kier alpha value is -2.78. The summed E-state index contributed by atoms with van der Waals surface area (Å²) in [5, 5.41) is 3.90. The molecule has 2 atom stereocenters. The zero-order chi connectivity index (χ0) is 29.6. The highest BCUT2D eigenvalue weighted by Crippen LogP contribution is 2.31. The van der Waals surface area contributed by atoms with Crippen molar-refractivity contribution < 1.29 is 18.0 Å². The van der Waals surface area contributed by atoms with Crippen molar-refractivity contribution in [3.63, 3.8) is 0 Å². The van der Waals surface area contributed by atoms with Gasteiger partial charge in [0.15, 0.2) is 0 Å². The van der Waals surface area contributed by atoms with E-state index in [1.807, 2.05) is 13.8 Å². The zero-order valence-corrected chi connectivity index (χ0v) is 25.8. The molecule has 0 bridgehead atoms. The lowest BCUT2D eigenvalue weighted by molar-refractivity contribution is -0.139. The second kappa shape index (κ2) is 13.7. The molecule has 7 nitrogen and oxygen atoms in total. The average Bonchev–Trinajstić information content (AvgIpc) is 2.93. The first-order valence-electron chi connectivity index (χ1n) is 12.7. The van der Waals surface area contributed by atoms with E-state index in [1.54, 1.807) is 68.4 Å². The predicted molar refractivity (Wildman–Crippen MR) is 162 cm³/mol. The van der Waals surface area contributed by atoms with Crippen LogP contribution in [-0.4, -0.2) is 43.8 Å². The van der Waals surface area contributed by atoms with E-state index in [1.165, 1.54) is 17.0 Å². The van der Waals surface area contributed by atoms with Crippen LogP contribution in [0.5, 0.6) is 0 Å². The standard InChI is InChI=1S/C29H32Cl3N3O4S/c1-5-19(2)33-29(37)21(4)34(17-22-14-15-25(31)26(32)16-22)28(36)18-35(27-13-9-12-24(30)20(27)3)40(38,39)23-10-7-6-8-11-23/h6-16,19,21H,5,17-18H2,1-4H3,(H,33,37)/t19-,21+/m0/s1. The van der Waals surface area contributed by atoms with Crippen molar-refractivity contribution >= 4 is 62.3 Å². The second-order valence-electron chi connectivity index (χ2n) is 9.47. The molecule has 0 unspecified atom stereocenters. The summed E-state index contributed by atoms with van der Waals surface area (Å²) < 4.78 is 28.8. The van der Waals surface area contributed by atoms with Gasteiger partial charge in [-0.05, 0) is 74.7 Å². The third-order valence-corrected chi connectivity index (χ3v) is 9.55. The van der Waals surface area contributed by atoms with Gasteiger partial charge in [0, 0.05) is 17.6 Å². The molecule has 0 saturated carbocycles. The number of nitrogens with one attached hydrogen (secondary N) is 1. The highest BCUT2D eigenvalue weighted by molar-refractivity contribution is 7.92. The number of carbonyl (C=O) groups is 2. The van der Waals surface area contributed by atoms with Gasteiger partial charge in [0.1, 0.15) is 12.6 Å². The maximum absolute atomic E-state index is 14.0. The molecule has 0 radical (unpaired) electrons. The minimum atomic E-state index is -4.19. The topological polar surface area (TPSA) is 86.8 Å². The number of hydrogen-bond acceptors (Lipinski definition) is 4. The van der Waals surface area contributed by atoms with Gasteiger partial charge in [0.05, 0.1) is 20.6 Å². The van der Waals surface area contributed by atoms with Gasteiger partial charge in [-0.2, -0.15) is 0 Å². The molecule has 3 aromatic rings. The second-order valence-corrected chi connectivity index (χ2v) is 12.6. The largest absolute Gasteiger partial charge is 0.352 e. The van der Waals surface area contributed by atoms with E-state index in [4.69, 9.17) is 34.8 Å². The molecule has 0 spiro atoms. The monoisotopic (exact) mass is 623 g/mol. The Labute approximate surface area is 251 Å². The summed E-state index contributed by atoms with van der Waals surface area (Å²) >= 11 is 18.6. The first-order chi connectivity index (χ1) is 18.9. The fourth-order valence-electron chi connectivity index (χ4n) is 3.98. The molecule has 1 N–H and O–H groups in total. The van der Waals surface area contributed by atoms with Gasteiger partial charge in [-0.1, -0.05) is 72.1 Å². The minimum Gasteiger partial charge on any atom is -0.352 e. The minimum absolute atomic E-state index is 0.00142. The van der Waals surface area contributed by atoms with Crippen molar-refractivity contribution in [1.82, 2.24) is 10.2 Å². The summed E-state index contributed by atoms with van der Waals surface area (Å²) in [6.07, 6.45) is 0.705. The first-order valence-corrected chi connectivity index (χ1v) is 15.3. The van der Waals surface area contributed by atoms with Gasteiger partial charge in [0.2, 0.25) is 11.8 Å². The smallest absolute Gasteiger partial charge is 0.264 e. The highest BCUT2D eigenvalue weighted by Gasteiger charge is 2.33. The van der Waals surface area contributed by atoms with Crippen LogP contribution in [0.25, 0.3) is 0 Å². The van der Waals surface area contributed by atoms with Crippen LogP contribution in [0, 0.1) is 6.92 Å². The van der Waals surface area contributed by atoms with Crippen LogP contribution in [0.3, 0.4) is 0 Å². The van der Waals surface area contributed by atoms with Crippen LogP contribution in [0.15, 0.2) is 71.6 Å². The van der Waals surface area contributed by atoms with Crippen LogP contribution in [-0.2, 0) is 26.2 Å². The van der Waals surface area contributed by atoms with Gasteiger partial charge in [-0.15, -0.1) is 0 Å². The summed E-state index contributed by atoms with van der Waals surface area (Å²) in [5.74, 6) is -0.948. The van der Waals surface area contributed by atoms with Crippen molar-refractivity contribution in [2.24, 2.45) is 0 Å². The predicted octanol–water partition coefficient (Wildman–Crippen LogP) is 6.48. The van der Waals surface area contributed by atoms with Crippen LogP contribution in [0.4, 0.5) is 5.69 Å². The van der Waals surface area contributed by atoms with Crippen molar-refractivity contribution in [2.75, 3.05) is 10.8 Å². The van der Waals surface area contributed by atoms with E-state index in [0.717, 1.165) is 4.31 Å². The summed E-state index contributed by atoms with van der Waals surface area (Å²) in [6, 6.07) is 16.6. The van der Waals surface area contributed by atoms with E-state index in [0.29, 0.717) is 32.6 Å². The van der Waals surface area contributed by atoms with Crippen molar-refractivity contribution in [3.8, 4) is 0 Å². The van der Waals surface area contributed by atoms with Gasteiger partial charge < -0.3 is 10.2 Å².